The van der Waals surface area contributed by atoms with Gasteiger partial charge < -0.3 is 15.0 Å². The second-order valence-electron chi connectivity index (χ2n) is 7.70. The second-order valence-corrected chi connectivity index (χ2v) is 10.0. The molecule has 8 nitrogen and oxygen atoms in total. The van der Waals surface area contributed by atoms with Crippen molar-refractivity contribution in [2.24, 2.45) is 0 Å². The van der Waals surface area contributed by atoms with Crippen molar-refractivity contribution in [2.75, 3.05) is 30.8 Å². The lowest BCUT2D eigenvalue weighted by Gasteiger charge is -2.31. The van der Waals surface area contributed by atoms with Crippen LogP contribution in [0.4, 0.5) is 10.1 Å². The molecule has 0 bridgehead atoms. The first-order valence-corrected chi connectivity index (χ1v) is 12.8. The highest BCUT2D eigenvalue weighted by molar-refractivity contribution is 7.92. The van der Waals surface area contributed by atoms with E-state index in [9.17, 15) is 22.4 Å². The first kappa shape index (κ1) is 27.4. The molecule has 0 fully saturated rings. The zero-order valence-electron chi connectivity index (χ0n) is 19.5. The smallest absolute Gasteiger partial charge is 0.244 e. The molecule has 0 spiro atoms. The van der Waals surface area contributed by atoms with Gasteiger partial charge in [-0.1, -0.05) is 30.7 Å². The Bertz CT molecular complexity index is 1110. The summed E-state index contributed by atoms with van der Waals surface area (Å²) >= 11 is 6.07. The summed E-state index contributed by atoms with van der Waals surface area (Å²) in [6.07, 6.45) is 1.67. The zero-order valence-corrected chi connectivity index (χ0v) is 21.1. The van der Waals surface area contributed by atoms with E-state index in [4.69, 9.17) is 16.3 Å². The fraction of sp³-hybridized carbons (Fsp3) is 0.391. The van der Waals surface area contributed by atoms with E-state index < -0.39 is 34.3 Å². The monoisotopic (exact) mass is 513 g/mol. The third-order valence-electron chi connectivity index (χ3n) is 5.07. The number of amides is 2. The molecule has 11 heteroatoms. The minimum Gasteiger partial charge on any atom is -0.495 e. The van der Waals surface area contributed by atoms with Crippen molar-refractivity contribution in [1.82, 2.24) is 10.2 Å². The summed E-state index contributed by atoms with van der Waals surface area (Å²) in [5, 5.41) is 3.00. The Labute approximate surface area is 204 Å². The lowest BCUT2D eigenvalue weighted by molar-refractivity contribution is -0.139. The first-order valence-electron chi connectivity index (χ1n) is 10.6. The van der Waals surface area contributed by atoms with Gasteiger partial charge >= 0.3 is 0 Å². The SMILES string of the molecule is CCCNC(=O)[C@H](C)N(Cc1ccc(F)cc1)C(=O)CN(c1cc(Cl)ccc1OC)S(C)(=O)=O. The molecule has 2 amide bonds. The maximum atomic E-state index is 13.4. The van der Waals surface area contributed by atoms with E-state index >= 15 is 0 Å². The molecule has 0 aliphatic heterocycles. The molecular weight excluding hydrogens is 485 g/mol. The van der Waals surface area contributed by atoms with Gasteiger partial charge in [0.05, 0.1) is 19.1 Å². The van der Waals surface area contributed by atoms with Crippen LogP contribution in [0.25, 0.3) is 0 Å². The molecule has 2 aromatic rings. The summed E-state index contributed by atoms with van der Waals surface area (Å²) in [5.74, 6) is -1.24. The van der Waals surface area contributed by atoms with Crippen LogP contribution in [-0.4, -0.2) is 57.6 Å². The normalized spacial score (nSPS) is 12.1. The number of carbonyl (C=O) groups excluding carboxylic acids is 2. The largest absolute Gasteiger partial charge is 0.495 e. The van der Waals surface area contributed by atoms with Crippen molar-refractivity contribution < 1.29 is 27.1 Å². The van der Waals surface area contributed by atoms with Crippen molar-refractivity contribution in [1.29, 1.82) is 0 Å². The van der Waals surface area contributed by atoms with Crippen LogP contribution in [-0.2, 0) is 26.2 Å². The molecule has 0 aliphatic carbocycles. The van der Waals surface area contributed by atoms with Gasteiger partial charge in [0, 0.05) is 18.1 Å². The molecule has 2 rings (SSSR count). The van der Waals surface area contributed by atoms with Crippen molar-refractivity contribution in [3.05, 3.63) is 58.9 Å². The van der Waals surface area contributed by atoms with Crippen LogP contribution in [0.1, 0.15) is 25.8 Å². The molecule has 34 heavy (non-hydrogen) atoms. The number of benzene rings is 2. The Kier molecular flexibility index (Phi) is 9.69. The average Bonchev–Trinajstić information content (AvgIpc) is 2.79. The van der Waals surface area contributed by atoms with Gasteiger partial charge in [0.15, 0.2) is 0 Å². The quantitative estimate of drug-likeness (QED) is 0.498. The van der Waals surface area contributed by atoms with Crippen molar-refractivity contribution >= 4 is 39.1 Å². The fourth-order valence-corrected chi connectivity index (χ4v) is 4.23. The Morgan fingerprint density at radius 1 is 1.18 bits per heavy atom. The number of hydrogen-bond donors (Lipinski definition) is 1. The molecule has 0 unspecified atom stereocenters. The van der Waals surface area contributed by atoms with Crippen LogP contribution in [0.15, 0.2) is 42.5 Å². The highest BCUT2D eigenvalue weighted by atomic mass is 35.5. The van der Waals surface area contributed by atoms with Crippen molar-refractivity contribution in [3.63, 3.8) is 0 Å². The first-order chi connectivity index (χ1) is 16.0. The van der Waals surface area contributed by atoms with Gasteiger partial charge in [0.2, 0.25) is 21.8 Å². The van der Waals surface area contributed by atoms with Crippen LogP contribution in [0.2, 0.25) is 5.02 Å². The van der Waals surface area contributed by atoms with Gasteiger partial charge in [-0.25, -0.2) is 12.8 Å². The van der Waals surface area contributed by atoms with Gasteiger partial charge in [0.1, 0.15) is 24.2 Å². The van der Waals surface area contributed by atoms with Crippen molar-refractivity contribution in [2.45, 2.75) is 32.9 Å². The molecule has 0 aromatic heterocycles. The number of ether oxygens (including phenoxy) is 1. The van der Waals surface area contributed by atoms with Crippen LogP contribution < -0.4 is 14.4 Å². The molecule has 186 valence electrons. The number of sulfonamides is 1. The van der Waals surface area contributed by atoms with Gasteiger partial charge in [0.25, 0.3) is 0 Å². The van der Waals surface area contributed by atoms with Crippen LogP contribution in [0.3, 0.4) is 0 Å². The minimum atomic E-state index is -3.94. The summed E-state index contributed by atoms with van der Waals surface area (Å²) in [4.78, 5) is 27.4. The van der Waals surface area contributed by atoms with Gasteiger partial charge in [-0.2, -0.15) is 0 Å². The molecule has 0 aliphatic rings. The number of carbonyl (C=O) groups is 2. The predicted molar refractivity (Wildman–Crippen MR) is 130 cm³/mol. The molecule has 1 atom stereocenters. The maximum Gasteiger partial charge on any atom is 0.244 e. The van der Waals surface area contributed by atoms with Crippen LogP contribution in [0, 0.1) is 5.82 Å². The van der Waals surface area contributed by atoms with Crippen LogP contribution >= 0.6 is 11.6 Å². The lowest BCUT2D eigenvalue weighted by Crippen LogP contribution is -2.51. The summed E-state index contributed by atoms with van der Waals surface area (Å²) < 4.78 is 44.8. The molecule has 0 radical (unpaired) electrons. The summed E-state index contributed by atoms with van der Waals surface area (Å²) in [7, 11) is -2.57. The molecule has 0 saturated carbocycles. The zero-order chi connectivity index (χ0) is 25.5. The van der Waals surface area contributed by atoms with Gasteiger partial charge in [-0.3, -0.25) is 13.9 Å². The number of rotatable bonds is 11. The number of halogens is 2. The topological polar surface area (TPSA) is 96.0 Å². The lowest BCUT2D eigenvalue weighted by atomic mass is 10.1. The Morgan fingerprint density at radius 3 is 2.38 bits per heavy atom. The molecule has 0 heterocycles. The maximum absolute atomic E-state index is 13.4. The number of anilines is 1. The van der Waals surface area contributed by atoms with E-state index in [0.29, 0.717) is 18.5 Å². The third kappa shape index (κ3) is 7.33. The van der Waals surface area contributed by atoms with Crippen molar-refractivity contribution in [3.8, 4) is 5.75 Å². The number of nitrogens with one attached hydrogen (secondary N) is 1. The van der Waals surface area contributed by atoms with Gasteiger partial charge in [-0.05, 0) is 49.2 Å². The predicted octanol–water partition coefficient (Wildman–Crippen LogP) is 3.20. The highest BCUT2D eigenvalue weighted by Crippen LogP contribution is 2.33. The fourth-order valence-electron chi connectivity index (χ4n) is 3.22. The molecular formula is C23H29ClFN3O5S. The molecule has 2 aromatic carbocycles. The van der Waals surface area contributed by atoms with Crippen LogP contribution in [0.5, 0.6) is 5.75 Å². The summed E-state index contributed by atoms with van der Waals surface area (Å²) in [5.41, 5.74) is 0.673. The standard InChI is InChI=1S/C23H29ClFN3O5S/c1-5-12-26-23(30)16(2)27(14-17-6-9-19(25)10-7-17)22(29)15-28(34(4,31)32)20-13-18(24)8-11-21(20)33-3/h6-11,13,16H,5,12,14-15H2,1-4H3,(H,26,30)/t16-/m0/s1. The molecule has 1 N–H and O–H groups in total. The highest BCUT2D eigenvalue weighted by Gasteiger charge is 2.31. The summed E-state index contributed by atoms with van der Waals surface area (Å²) in [6, 6.07) is 9.01. The van der Waals surface area contributed by atoms with E-state index in [1.165, 1.54) is 54.5 Å². The van der Waals surface area contributed by atoms with Gasteiger partial charge in [-0.15, -0.1) is 0 Å². The van der Waals surface area contributed by atoms with E-state index in [1.807, 2.05) is 6.92 Å². The average molecular weight is 514 g/mol. The van der Waals surface area contributed by atoms with E-state index in [-0.39, 0.29) is 28.9 Å². The third-order valence-corrected chi connectivity index (χ3v) is 6.43. The second kappa shape index (κ2) is 12.0. The number of hydrogen-bond acceptors (Lipinski definition) is 5. The Hall–Kier alpha value is -2.85. The number of nitrogens with zero attached hydrogens (tertiary/aromatic N) is 2. The minimum absolute atomic E-state index is 0.0237. The Morgan fingerprint density at radius 2 is 1.82 bits per heavy atom. The van der Waals surface area contributed by atoms with E-state index in [1.54, 1.807) is 6.92 Å². The molecule has 0 saturated heterocycles. The summed E-state index contributed by atoms with van der Waals surface area (Å²) in [6.45, 7) is 3.26. The number of methoxy groups -OCH3 is 1. The Balaban J connectivity index is 2.43. The van der Waals surface area contributed by atoms with E-state index in [0.717, 1.165) is 10.6 Å². The van der Waals surface area contributed by atoms with E-state index in [2.05, 4.69) is 5.32 Å².